The van der Waals surface area contributed by atoms with Gasteiger partial charge in [0.2, 0.25) is 0 Å². The van der Waals surface area contributed by atoms with Crippen molar-refractivity contribution in [3.8, 4) is 11.5 Å². The fraction of sp³-hybridized carbons (Fsp3) is 0.727. The second-order valence-corrected chi connectivity index (χ2v) is 23.6. The first-order chi connectivity index (χ1) is 29.5. The third-order valence-electron chi connectivity index (χ3n) is 21.3. The topological polar surface area (TPSA) is 138 Å². The quantitative estimate of drug-likeness (QED) is 0.155. The SMILES string of the molecule is C[C@]12CC[C@@H]3c4ccc(O)cc4CC[C@H]3[C@@H]1CC[C@@H]2O.C[C@]12CC[C@@H]3c4ccc(O)cc4CC[C@H]3[C@@H]1C[C@@H](O)[C@@H]2O.C[C@]12CC[C@H]3[C@@H](CCC4=CC(=O)CC[C@@]43C)[C@@H]1CC[C@@H]2O. The van der Waals surface area contributed by atoms with Gasteiger partial charge in [-0.3, -0.25) is 4.79 Å². The molecule has 0 aliphatic heterocycles. The summed E-state index contributed by atoms with van der Waals surface area (Å²) < 4.78 is 0. The molecule has 6 N–H and O–H groups in total. The Hall–Kier alpha value is -2.71. The number of carbonyl (C=O) groups is 1. The van der Waals surface area contributed by atoms with Gasteiger partial charge in [-0.1, -0.05) is 45.4 Å². The molecule has 2 aromatic rings. The molecule has 0 bridgehead atoms. The van der Waals surface area contributed by atoms with Crippen LogP contribution in [-0.4, -0.2) is 60.8 Å². The summed E-state index contributed by atoms with van der Waals surface area (Å²) >= 11 is 0. The van der Waals surface area contributed by atoms with E-state index in [1.807, 2.05) is 24.3 Å². The largest absolute Gasteiger partial charge is 0.508 e. The number of hydrogen-bond donors (Lipinski definition) is 6. The molecule has 0 aromatic heterocycles. The Morgan fingerprint density at radius 3 is 1.63 bits per heavy atom. The van der Waals surface area contributed by atoms with Gasteiger partial charge >= 0.3 is 0 Å². The highest BCUT2D eigenvalue weighted by Gasteiger charge is 2.60. The Balaban J connectivity index is 0.000000111. The molecule has 2 aromatic carbocycles. The van der Waals surface area contributed by atoms with E-state index in [4.69, 9.17) is 0 Å². The number of aryl methyl sites for hydroxylation is 2. The highest BCUT2D eigenvalue weighted by molar-refractivity contribution is 5.91. The van der Waals surface area contributed by atoms with E-state index in [-0.39, 0.29) is 33.9 Å². The number of aliphatic hydroxyl groups excluding tert-OH is 4. The van der Waals surface area contributed by atoms with E-state index in [9.17, 15) is 35.4 Å². The first-order valence-electron chi connectivity index (χ1n) is 25.1. The molecule has 0 unspecified atom stereocenters. The summed E-state index contributed by atoms with van der Waals surface area (Å²) in [6.07, 6.45) is 21.3. The molecule has 62 heavy (non-hydrogen) atoms. The molecule has 0 heterocycles. The van der Waals surface area contributed by atoms with Gasteiger partial charge in [-0.25, -0.2) is 0 Å². The maximum atomic E-state index is 11.8. The van der Waals surface area contributed by atoms with Crippen LogP contribution in [0.5, 0.6) is 11.5 Å². The normalized spacial score (nSPS) is 46.8. The van der Waals surface area contributed by atoms with Gasteiger partial charge in [-0.05, 0) is 243 Å². The average molecular weight is 849 g/mol. The van der Waals surface area contributed by atoms with Crippen LogP contribution < -0.4 is 0 Å². The molecule has 0 radical (unpaired) electrons. The van der Waals surface area contributed by atoms with E-state index in [2.05, 4.69) is 39.8 Å². The van der Waals surface area contributed by atoms with Gasteiger partial charge < -0.3 is 30.6 Å². The van der Waals surface area contributed by atoms with Crippen molar-refractivity contribution in [1.82, 2.24) is 0 Å². The Kier molecular flexibility index (Phi) is 11.0. The summed E-state index contributed by atoms with van der Waals surface area (Å²) in [5.74, 6) is 6.94. The van der Waals surface area contributed by atoms with Gasteiger partial charge in [-0.2, -0.15) is 0 Å². The van der Waals surface area contributed by atoms with Crippen molar-refractivity contribution in [2.24, 2.45) is 63.1 Å². The highest BCUT2D eigenvalue weighted by Crippen LogP contribution is 2.66. The molecular formula is C55H76O7. The number of benzene rings is 2. The molecule has 0 amide bonds. The first kappa shape index (κ1) is 43.2. The van der Waals surface area contributed by atoms with Crippen molar-refractivity contribution in [3.63, 3.8) is 0 Å². The number of allylic oxidation sites excluding steroid dienone is 1. The van der Waals surface area contributed by atoms with Gasteiger partial charge in [0, 0.05) is 6.42 Å². The molecule has 0 saturated heterocycles. The maximum Gasteiger partial charge on any atom is 0.155 e. The van der Waals surface area contributed by atoms with Crippen molar-refractivity contribution < 1.29 is 35.4 Å². The summed E-state index contributed by atoms with van der Waals surface area (Å²) in [7, 11) is 0. The smallest absolute Gasteiger partial charge is 0.155 e. The number of ketones is 1. The van der Waals surface area contributed by atoms with Crippen molar-refractivity contribution in [1.29, 1.82) is 0 Å². The van der Waals surface area contributed by atoms with Crippen molar-refractivity contribution in [2.45, 2.75) is 186 Å². The lowest BCUT2D eigenvalue weighted by Crippen LogP contribution is -2.51. The van der Waals surface area contributed by atoms with Crippen LogP contribution in [0.1, 0.15) is 171 Å². The summed E-state index contributed by atoms with van der Waals surface area (Å²) in [4.78, 5) is 11.8. The van der Waals surface area contributed by atoms with Gasteiger partial charge in [0.15, 0.2) is 5.78 Å². The second kappa shape index (κ2) is 15.7. The van der Waals surface area contributed by atoms with Crippen LogP contribution >= 0.6 is 0 Å². The number of aromatic hydroxyl groups is 2. The molecule has 338 valence electrons. The first-order valence-corrected chi connectivity index (χ1v) is 25.1. The van der Waals surface area contributed by atoms with E-state index in [0.717, 1.165) is 94.8 Å². The summed E-state index contributed by atoms with van der Waals surface area (Å²) in [5.41, 5.74) is 7.44. The van der Waals surface area contributed by atoms with Gasteiger partial charge in [0.05, 0.1) is 24.4 Å². The molecule has 0 spiro atoms. The Morgan fingerprint density at radius 1 is 0.516 bits per heavy atom. The van der Waals surface area contributed by atoms with Crippen LogP contribution in [0.15, 0.2) is 48.0 Å². The number of phenols is 2. The van der Waals surface area contributed by atoms with Crippen LogP contribution in [0.4, 0.5) is 0 Å². The standard InChI is InChI=1S/C19H28O2.C18H24O3.C18H24O2/c1-18-9-7-13(20)11-12(18)3-4-14-15-5-6-17(21)19(15,2)10-8-16(14)18;1-18-7-6-13-12-5-3-11(19)8-10(12)2-4-14(13)15(18)9-16(20)17(18)21;1-18-9-8-14-13-5-3-12(19)10-11(13)2-4-15(14)16(18)6-7-17(18)20/h11,14-17,21H,3-10H2,1-2H3;3,5,8,13-17,19-21H,2,4,6-7,9H2,1H3;3,5,10,14-17,19-20H,2,4,6-9H2,1H3/t14-,15-,16-,17-,18-,19-;13-,14-,15+,16-,17+,18+;14-,15-,16+,17+,18+/m011/s1. The number of phenolic OH excluding ortho intramolecular Hbond substituents is 2. The van der Waals surface area contributed by atoms with Crippen molar-refractivity contribution in [2.75, 3.05) is 0 Å². The molecule has 7 heteroatoms. The van der Waals surface area contributed by atoms with Gasteiger partial charge in [0.1, 0.15) is 11.5 Å². The van der Waals surface area contributed by atoms with Crippen LogP contribution in [-0.2, 0) is 17.6 Å². The third-order valence-corrected chi connectivity index (χ3v) is 21.3. The zero-order chi connectivity index (χ0) is 43.5. The van der Waals surface area contributed by atoms with Crippen LogP contribution in [0.25, 0.3) is 0 Å². The monoisotopic (exact) mass is 849 g/mol. The number of carbonyl (C=O) groups excluding carboxylic acids is 1. The van der Waals surface area contributed by atoms with E-state index in [1.165, 1.54) is 72.8 Å². The van der Waals surface area contributed by atoms with E-state index < -0.39 is 12.2 Å². The maximum absolute atomic E-state index is 11.8. The zero-order valence-corrected chi connectivity index (χ0v) is 38.1. The molecule has 7 fully saturated rings. The minimum absolute atomic E-state index is 0.0823. The minimum atomic E-state index is -0.565. The molecule has 17 atom stereocenters. The number of fused-ring (bicyclic) bond motifs is 15. The summed E-state index contributed by atoms with van der Waals surface area (Å²) in [6.45, 7) is 9.25. The fourth-order valence-electron chi connectivity index (χ4n) is 17.6. The number of hydrogen-bond acceptors (Lipinski definition) is 7. The van der Waals surface area contributed by atoms with Crippen molar-refractivity contribution >= 4 is 5.78 Å². The van der Waals surface area contributed by atoms with Crippen LogP contribution in [0, 0.1) is 63.1 Å². The molecule has 10 aliphatic rings. The molecule has 12 rings (SSSR count). The zero-order valence-electron chi connectivity index (χ0n) is 38.1. The van der Waals surface area contributed by atoms with E-state index in [1.54, 1.807) is 6.07 Å². The number of rotatable bonds is 0. The lowest BCUT2D eigenvalue weighted by atomic mass is 9.47. The molecular weight excluding hydrogens is 773 g/mol. The van der Waals surface area contributed by atoms with Crippen molar-refractivity contribution in [3.05, 3.63) is 70.3 Å². The molecule has 10 aliphatic carbocycles. The average Bonchev–Trinajstić information content (AvgIpc) is 3.83. The summed E-state index contributed by atoms with van der Waals surface area (Å²) in [6, 6.07) is 11.8. The lowest BCUT2D eigenvalue weighted by Gasteiger charge is -2.57. The molecule has 7 saturated carbocycles. The number of aliphatic hydroxyl groups is 4. The Labute approximate surface area is 370 Å². The predicted octanol–water partition coefficient (Wildman–Crippen LogP) is 10.1. The summed E-state index contributed by atoms with van der Waals surface area (Å²) in [5, 5.41) is 60.7. The second-order valence-electron chi connectivity index (χ2n) is 23.6. The third kappa shape index (κ3) is 6.73. The predicted molar refractivity (Wildman–Crippen MR) is 242 cm³/mol. The lowest BCUT2D eigenvalue weighted by molar-refractivity contribution is -0.118. The fourth-order valence-corrected chi connectivity index (χ4v) is 17.6. The minimum Gasteiger partial charge on any atom is -0.508 e. The van der Waals surface area contributed by atoms with Crippen LogP contribution in [0.3, 0.4) is 0 Å². The van der Waals surface area contributed by atoms with E-state index >= 15 is 0 Å². The van der Waals surface area contributed by atoms with E-state index in [0.29, 0.717) is 52.8 Å². The van der Waals surface area contributed by atoms with Crippen LogP contribution in [0.2, 0.25) is 0 Å². The Morgan fingerprint density at radius 2 is 1.03 bits per heavy atom. The Bertz CT molecular complexity index is 2080. The highest BCUT2D eigenvalue weighted by atomic mass is 16.3. The van der Waals surface area contributed by atoms with Gasteiger partial charge in [-0.15, -0.1) is 0 Å². The van der Waals surface area contributed by atoms with Gasteiger partial charge in [0.25, 0.3) is 0 Å². The molecule has 7 nitrogen and oxygen atoms in total.